The molecule has 0 saturated carbocycles. The molecule has 29 heavy (non-hydrogen) atoms. The van der Waals surface area contributed by atoms with Crippen LogP contribution in [0.5, 0.6) is 0 Å². The van der Waals surface area contributed by atoms with Crippen LogP contribution in [0.3, 0.4) is 0 Å². The molecule has 1 aliphatic heterocycles. The summed E-state index contributed by atoms with van der Waals surface area (Å²) < 4.78 is 6.04. The zero-order chi connectivity index (χ0) is 20.4. The Morgan fingerprint density at radius 2 is 1.79 bits per heavy atom. The van der Waals surface area contributed by atoms with E-state index in [0.717, 1.165) is 31.8 Å². The van der Waals surface area contributed by atoms with Crippen LogP contribution in [-0.2, 0) is 9.53 Å². The summed E-state index contributed by atoms with van der Waals surface area (Å²) in [6.07, 6.45) is -0.134. The Kier molecular flexibility index (Phi) is 5.90. The van der Waals surface area contributed by atoms with Crippen molar-refractivity contribution in [3.63, 3.8) is 0 Å². The van der Waals surface area contributed by atoms with E-state index >= 15 is 0 Å². The van der Waals surface area contributed by atoms with Crippen LogP contribution in [0.4, 0.5) is 5.69 Å². The first-order valence-electron chi connectivity index (χ1n) is 9.35. The molecule has 0 aromatic heterocycles. The van der Waals surface area contributed by atoms with E-state index in [2.05, 4.69) is 45.5 Å². The summed E-state index contributed by atoms with van der Waals surface area (Å²) >= 11 is 9.71. The third-order valence-electron chi connectivity index (χ3n) is 5.28. The molecule has 0 aliphatic carbocycles. The fourth-order valence-electron chi connectivity index (χ4n) is 3.95. The van der Waals surface area contributed by atoms with E-state index in [1.165, 1.54) is 7.11 Å². The molecular weight excluding hydrogens is 452 g/mol. The van der Waals surface area contributed by atoms with E-state index in [-0.39, 0.29) is 24.7 Å². The van der Waals surface area contributed by atoms with Gasteiger partial charge in [0, 0.05) is 31.9 Å². The van der Waals surface area contributed by atoms with Gasteiger partial charge in [0.2, 0.25) is 0 Å². The minimum atomic E-state index is -0.250. The summed E-state index contributed by atoms with van der Waals surface area (Å²) in [6.45, 7) is 0.225. The van der Waals surface area contributed by atoms with Crippen molar-refractivity contribution in [3.8, 4) is 0 Å². The molecule has 0 saturated heterocycles. The summed E-state index contributed by atoms with van der Waals surface area (Å²) in [5, 5.41) is 4.31. The quantitative estimate of drug-likeness (QED) is 0.554. The summed E-state index contributed by atoms with van der Waals surface area (Å²) in [5.74, 6) is -0.250. The number of benzene rings is 3. The highest BCUT2D eigenvalue weighted by Crippen LogP contribution is 2.35. The molecule has 0 amide bonds. The Bertz CT molecular complexity index is 1010. The number of halogens is 2. The molecule has 0 bridgehead atoms. The Morgan fingerprint density at radius 3 is 2.48 bits per heavy atom. The third-order valence-corrected chi connectivity index (χ3v) is 6.02. The van der Waals surface area contributed by atoms with Gasteiger partial charge >= 0.3 is 5.97 Å². The van der Waals surface area contributed by atoms with E-state index < -0.39 is 0 Å². The van der Waals surface area contributed by atoms with Crippen molar-refractivity contribution in [1.82, 2.24) is 0 Å². The molecule has 1 aliphatic rings. The molecule has 2 N–H and O–H groups in total. The molecule has 0 radical (unpaired) electrons. The monoisotopic (exact) mass is 471 g/mol. The lowest BCUT2D eigenvalue weighted by Crippen LogP contribution is -3.15. The molecule has 4 rings (SSSR count). The van der Waals surface area contributed by atoms with Crippen LogP contribution >= 0.6 is 27.5 Å². The Morgan fingerprint density at radius 1 is 1.07 bits per heavy atom. The maximum absolute atomic E-state index is 12.4. The first-order valence-corrected chi connectivity index (χ1v) is 10.5. The Labute approximate surface area is 183 Å². The number of quaternary nitrogens is 1. The summed E-state index contributed by atoms with van der Waals surface area (Å²) in [6, 6.07) is 24.2. The van der Waals surface area contributed by atoms with Gasteiger partial charge in [-0.25, -0.2) is 4.79 Å². The highest BCUT2D eigenvalue weighted by atomic mass is 79.9. The molecule has 6 heteroatoms. The second-order valence-corrected chi connectivity index (χ2v) is 8.38. The number of carbonyl (C=O) groups is 1. The van der Waals surface area contributed by atoms with E-state index in [9.17, 15) is 4.79 Å². The molecule has 0 fully saturated rings. The van der Waals surface area contributed by atoms with Gasteiger partial charge in [-0.05, 0) is 42.5 Å². The van der Waals surface area contributed by atoms with Crippen LogP contribution < -0.4 is 10.2 Å². The van der Waals surface area contributed by atoms with Crippen LogP contribution in [-0.4, -0.2) is 19.6 Å². The molecule has 3 aromatic rings. The van der Waals surface area contributed by atoms with Gasteiger partial charge in [-0.2, -0.15) is 0 Å². The summed E-state index contributed by atoms with van der Waals surface area (Å²) in [5.41, 5.74) is 4.39. The smallest absolute Gasteiger partial charge is 0.361 e. The number of ether oxygens (including phenoxy) is 1. The Hall–Kier alpha value is -2.34. The van der Waals surface area contributed by atoms with Crippen molar-refractivity contribution < 1.29 is 14.4 Å². The number of anilines is 1. The number of fused-ring (bicyclic) bond motifs is 1. The fourth-order valence-corrected chi connectivity index (χ4v) is 4.46. The van der Waals surface area contributed by atoms with E-state index in [1.807, 2.05) is 48.5 Å². The Balaban J connectivity index is 1.88. The van der Waals surface area contributed by atoms with Crippen LogP contribution in [0.25, 0.3) is 0 Å². The number of rotatable bonds is 4. The van der Waals surface area contributed by atoms with Gasteiger partial charge in [-0.3, -0.25) is 4.90 Å². The second kappa shape index (κ2) is 8.57. The van der Waals surface area contributed by atoms with E-state index in [1.54, 1.807) is 0 Å². The van der Waals surface area contributed by atoms with Crippen LogP contribution in [0.15, 0.2) is 77.3 Å². The maximum atomic E-state index is 12.4. The van der Waals surface area contributed by atoms with Gasteiger partial charge in [-0.1, -0.05) is 57.9 Å². The number of esters is 1. The molecule has 0 spiro atoms. The van der Waals surface area contributed by atoms with Gasteiger partial charge in [0.05, 0.1) is 7.11 Å². The fraction of sp³-hybridized carbons (Fsp3) is 0.174. The minimum absolute atomic E-state index is 0.0373. The molecule has 4 nitrogen and oxygen atoms in total. The number of hydrogen-bond acceptors (Lipinski definition) is 3. The van der Waals surface area contributed by atoms with Gasteiger partial charge in [-0.15, -0.1) is 0 Å². The zero-order valence-electron chi connectivity index (χ0n) is 15.9. The van der Waals surface area contributed by atoms with E-state index in [0.29, 0.717) is 5.02 Å². The molecule has 3 atom stereocenters. The molecule has 3 aromatic carbocycles. The van der Waals surface area contributed by atoms with Crippen molar-refractivity contribution >= 4 is 39.2 Å². The summed E-state index contributed by atoms with van der Waals surface area (Å²) in [4.78, 5) is 13.4. The van der Waals surface area contributed by atoms with Crippen LogP contribution in [0.1, 0.15) is 28.9 Å². The number of nitrogens with one attached hydrogen (secondary N) is 2. The average molecular weight is 473 g/mol. The normalized spacial score (nSPS) is 20.4. The number of methoxy groups -OCH3 is 1. The lowest BCUT2D eigenvalue weighted by Gasteiger charge is -2.41. The molecule has 1 unspecified atom stereocenters. The van der Waals surface area contributed by atoms with Crippen molar-refractivity contribution in [1.29, 1.82) is 0 Å². The SMILES string of the molecule is COC(=O)C[NH+]1[C@H](c2ccccc2)c2cc(Br)ccc2N[C@@H]1c1ccc(Cl)cc1. The standard InChI is InChI=1S/C23H20BrClN2O2/c1-29-21(28)14-27-22(15-5-3-2-4-6-15)19-13-17(24)9-12-20(19)26-23(27)16-7-10-18(25)11-8-16/h2-13,22-23,26H,14H2,1H3/p+1/t22-,23+/m1/s1. The van der Waals surface area contributed by atoms with Crippen molar-refractivity contribution in [2.45, 2.75) is 12.2 Å². The van der Waals surface area contributed by atoms with Crippen LogP contribution in [0.2, 0.25) is 5.02 Å². The first kappa shape index (κ1) is 20.0. The maximum Gasteiger partial charge on any atom is 0.361 e. The predicted molar refractivity (Wildman–Crippen MR) is 118 cm³/mol. The number of carbonyl (C=O) groups excluding carboxylic acids is 1. The highest BCUT2D eigenvalue weighted by Gasteiger charge is 2.41. The third kappa shape index (κ3) is 4.17. The number of hydrogen-bond donors (Lipinski definition) is 2. The second-order valence-electron chi connectivity index (χ2n) is 7.03. The minimum Gasteiger partial charge on any atom is -0.465 e. The van der Waals surface area contributed by atoms with Gasteiger partial charge in [0.15, 0.2) is 12.7 Å². The average Bonchev–Trinajstić information content (AvgIpc) is 2.74. The molecular formula is C23H21BrClN2O2+. The largest absolute Gasteiger partial charge is 0.465 e. The molecule has 148 valence electrons. The van der Waals surface area contributed by atoms with Gasteiger partial charge in [0.1, 0.15) is 6.04 Å². The zero-order valence-corrected chi connectivity index (χ0v) is 18.2. The van der Waals surface area contributed by atoms with E-state index in [4.69, 9.17) is 16.3 Å². The topological polar surface area (TPSA) is 42.8 Å². The lowest BCUT2D eigenvalue weighted by molar-refractivity contribution is -0.947. The van der Waals surface area contributed by atoms with Crippen molar-refractivity contribution in [2.24, 2.45) is 0 Å². The molecule has 1 heterocycles. The van der Waals surface area contributed by atoms with Gasteiger partial charge < -0.3 is 10.1 Å². The van der Waals surface area contributed by atoms with Crippen molar-refractivity contribution in [2.75, 3.05) is 19.0 Å². The summed E-state index contributed by atoms with van der Waals surface area (Å²) in [7, 11) is 1.43. The van der Waals surface area contributed by atoms with Crippen molar-refractivity contribution in [3.05, 3.63) is 99.0 Å². The van der Waals surface area contributed by atoms with Gasteiger partial charge in [0.25, 0.3) is 0 Å². The lowest BCUT2D eigenvalue weighted by atomic mass is 9.91. The predicted octanol–water partition coefficient (Wildman–Crippen LogP) is 4.37. The first-order chi connectivity index (χ1) is 14.1. The van der Waals surface area contributed by atoms with Crippen LogP contribution in [0, 0.1) is 0 Å². The highest BCUT2D eigenvalue weighted by molar-refractivity contribution is 9.10.